The molecule has 3 N–H and O–H groups in total. The number of carbonyl (C=O) groups excluding carboxylic acids is 1. The lowest BCUT2D eigenvalue weighted by Gasteiger charge is -2.26. The predicted octanol–water partition coefficient (Wildman–Crippen LogP) is 2.76. The smallest absolute Gasteiger partial charge is 0.307 e. The van der Waals surface area contributed by atoms with E-state index in [1.54, 1.807) is 18.3 Å². The molecule has 3 aliphatic carbocycles. The number of hydrogen-bond acceptors (Lipinski definition) is 4. The minimum absolute atomic E-state index is 0.0969. The monoisotopic (exact) mass is 433 g/mol. The average Bonchev–Trinajstić information content (AvgIpc) is 2.96. The van der Waals surface area contributed by atoms with Crippen molar-refractivity contribution in [3.8, 4) is 0 Å². The summed E-state index contributed by atoms with van der Waals surface area (Å²) < 4.78 is 0.703. The van der Waals surface area contributed by atoms with Crippen molar-refractivity contribution in [2.45, 2.75) is 25.7 Å². The van der Waals surface area contributed by atoms with Crippen molar-refractivity contribution >= 4 is 33.5 Å². The maximum Gasteiger partial charge on any atom is 0.307 e. The second-order valence-electron chi connectivity index (χ2n) is 8.71. The summed E-state index contributed by atoms with van der Waals surface area (Å²) in [6.45, 7) is 2.11. The third-order valence-corrected chi connectivity index (χ3v) is 8.25. The van der Waals surface area contributed by atoms with Gasteiger partial charge in [0, 0.05) is 0 Å². The van der Waals surface area contributed by atoms with Gasteiger partial charge in [0.1, 0.15) is 4.60 Å². The van der Waals surface area contributed by atoms with E-state index in [9.17, 15) is 14.7 Å². The molecule has 6 nitrogen and oxygen atoms in total. The van der Waals surface area contributed by atoms with E-state index < -0.39 is 17.8 Å². The van der Waals surface area contributed by atoms with Crippen molar-refractivity contribution in [3.05, 3.63) is 22.9 Å². The highest BCUT2D eigenvalue weighted by atomic mass is 79.9. The fraction of sp³-hybridized carbons (Fsp3) is 0.650. The Bertz CT molecular complexity index is 779. The molecule has 4 aliphatic rings. The van der Waals surface area contributed by atoms with E-state index in [1.807, 2.05) is 0 Å². The Hall–Kier alpha value is -1.47. The Kier molecular flexibility index (Phi) is 4.09. The predicted molar refractivity (Wildman–Crippen MR) is 103 cm³/mol. The molecule has 1 amide bonds. The number of amides is 1. The Morgan fingerprint density at radius 1 is 1.19 bits per heavy atom. The first-order valence-corrected chi connectivity index (χ1v) is 10.7. The van der Waals surface area contributed by atoms with Gasteiger partial charge in [-0.05, 0) is 95.9 Å². The highest BCUT2D eigenvalue weighted by Crippen LogP contribution is 2.79. The lowest BCUT2D eigenvalue weighted by atomic mass is 9.78. The van der Waals surface area contributed by atoms with Crippen molar-refractivity contribution in [2.24, 2.45) is 40.9 Å². The molecule has 5 rings (SSSR count). The molecule has 1 aromatic heterocycles. The lowest BCUT2D eigenvalue weighted by molar-refractivity contribution is -0.148. The Balaban J connectivity index is 1.41. The summed E-state index contributed by atoms with van der Waals surface area (Å²) in [5.41, 5.74) is 0.719. The van der Waals surface area contributed by atoms with Gasteiger partial charge in [-0.2, -0.15) is 0 Å². The number of rotatable bonds is 4. The van der Waals surface area contributed by atoms with Crippen LogP contribution < -0.4 is 10.6 Å². The fourth-order valence-electron chi connectivity index (χ4n) is 6.85. The van der Waals surface area contributed by atoms with Gasteiger partial charge in [-0.15, -0.1) is 0 Å². The topological polar surface area (TPSA) is 91.3 Å². The van der Waals surface area contributed by atoms with Crippen LogP contribution in [0, 0.1) is 40.9 Å². The van der Waals surface area contributed by atoms with Crippen LogP contribution >= 0.6 is 15.9 Å². The van der Waals surface area contributed by atoms with Gasteiger partial charge in [0.15, 0.2) is 0 Å². The number of pyridine rings is 1. The molecule has 3 saturated carbocycles. The summed E-state index contributed by atoms with van der Waals surface area (Å²) in [6, 6.07) is 3.56. The van der Waals surface area contributed by atoms with Crippen LogP contribution in [0.15, 0.2) is 22.9 Å². The summed E-state index contributed by atoms with van der Waals surface area (Å²) in [6.07, 6.45) is 5.85. The number of carbonyl (C=O) groups is 2. The molecule has 1 spiro atoms. The zero-order valence-electron chi connectivity index (χ0n) is 15.0. The first-order chi connectivity index (χ1) is 13.0. The molecule has 1 saturated heterocycles. The molecule has 2 bridgehead atoms. The van der Waals surface area contributed by atoms with Crippen LogP contribution in [-0.2, 0) is 9.59 Å². The Morgan fingerprint density at radius 3 is 2.59 bits per heavy atom. The average molecular weight is 434 g/mol. The zero-order valence-corrected chi connectivity index (χ0v) is 16.6. The van der Waals surface area contributed by atoms with E-state index in [2.05, 4.69) is 31.5 Å². The summed E-state index contributed by atoms with van der Waals surface area (Å²) in [4.78, 5) is 29.4. The van der Waals surface area contributed by atoms with Crippen LogP contribution in [0.3, 0.4) is 0 Å². The maximum absolute atomic E-state index is 13.1. The van der Waals surface area contributed by atoms with Gasteiger partial charge in [-0.3, -0.25) is 9.59 Å². The molecule has 144 valence electrons. The van der Waals surface area contributed by atoms with Crippen molar-refractivity contribution in [1.82, 2.24) is 10.3 Å². The second kappa shape index (κ2) is 6.27. The molecule has 7 heteroatoms. The normalized spacial score (nSPS) is 41.8. The molecule has 2 unspecified atom stereocenters. The number of carboxylic acid groups (broad SMARTS) is 1. The van der Waals surface area contributed by atoms with Gasteiger partial charge in [-0.1, -0.05) is 0 Å². The van der Waals surface area contributed by atoms with E-state index in [4.69, 9.17) is 0 Å². The largest absolute Gasteiger partial charge is 0.481 e. The van der Waals surface area contributed by atoms with Crippen LogP contribution in [0.5, 0.6) is 0 Å². The maximum atomic E-state index is 13.1. The van der Waals surface area contributed by atoms with Gasteiger partial charge >= 0.3 is 5.97 Å². The lowest BCUT2D eigenvalue weighted by Crippen LogP contribution is -2.37. The van der Waals surface area contributed by atoms with Crippen molar-refractivity contribution in [3.63, 3.8) is 0 Å². The minimum atomic E-state index is -0.800. The highest BCUT2D eigenvalue weighted by molar-refractivity contribution is 9.10. The van der Waals surface area contributed by atoms with E-state index in [0.29, 0.717) is 22.1 Å². The van der Waals surface area contributed by atoms with Crippen molar-refractivity contribution < 1.29 is 14.7 Å². The number of nitrogens with zero attached hydrogens (tertiary/aromatic N) is 1. The quantitative estimate of drug-likeness (QED) is 0.634. The van der Waals surface area contributed by atoms with Gasteiger partial charge in [0.2, 0.25) is 5.91 Å². The number of aromatic nitrogens is 1. The first-order valence-electron chi connectivity index (χ1n) is 9.88. The van der Waals surface area contributed by atoms with Crippen molar-refractivity contribution in [1.29, 1.82) is 0 Å². The van der Waals surface area contributed by atoms with Gasteiger partial charge in [-0.25, -0.2) is 4.98 Å². The number of hydrogen-bond donors (Lipinski definition) is 3. The van der Waals surface area contributed by atoms with Crippen molar-refractivity contribution in [2.75, 3.05) is 18.4 Å². The molecule has 4 fully saturated rings. The minimum Gasteiger partial charge on any atom is -0.481 e. The molecule has 7 atom stereocenters. The van der Waals surface area contributed by atoms with Gasteiger partial charge in [0.05, 0.1) is 23.7 Å². The SMILES string of the molecule is O=C(O)[C@H]1[C@H](C(=O)Nc2ccc(Br)nc2)[C@@H]2CC[C@H]1[C@@]21CC1C1CCNC1. The Morgan fingerprint density at radius 2 is 1.96 bits per heavy atom. The standard InChI is InChI=1S/C20H24BrN3O3/c21-15-4-1-11(9-23-15)24-18(25)16-12-2-3-13(17(16)19(26)27)20(12)7-14(20)10-5-6-22-8-10/h1,4,9-10,12-14,16-17,22H,2-3,5-8H2,(H,24,25)(H,26,27)/t10?,12-,13+,14?,16+,17+,20+/m0/s1. The van der Waals surface area contributed by atoms with Crippen LogP contribution in [0.1, 0.15) is 25.7 Å². The molecule has 2 heterocycles. The van der Waals surface area contributed by atoms with Crippen LogP contribution in [0.25, 0.3) is 0 Å². The second-order valence-corrected chi connectivity index (χ2v) is 9.53. The molecular formula is C20H24BrN3O3. The third kappa shape index (κ3) is 2.58. The molecule has 0 radical (unpaired) electrons. The number of nitrogens with one attached hydrogen (secondary N) is 2. The van der Waals surface area contributed by atoms with Gasteiger partial charge in [0.25, 0.3) is 0 Å². The third-order valence-electron chi connectivity index (χ3n) is 7.78. The Labute approximate surface area is 166 Å². The molecule has 27 heavy (non-hydrogen) atoms. The van der Waals surface area contributed by atoms with E-state index >= 15 is 0 Å². The van der Waals surface area contributed by atoms with Crippen LogP contribution in [0.4, 0.5) is 5.69 Å². The van der Waals surface area contributed by atoms with Crippen LogP contribution in [0.2, 0.25) is 0 Å². The summed E-state index contributed by atoms with van der Waals surface area (Å²) in [7, 11) is 0. The van der Waals surface area contributed by atoms with Gasteiger partial charge < -0.3 is 15.7 Å². The van der Waals surface area contributed by atoms with E-state index in [0.717, 1.165) is 32.4 Å². The summed E-state index contributed by atoms with van der Waals surface area (Å²) in [5.74, 6) is -0.309. The van der Waals surface area contributed by atoms with E-state index in [-0.39, 0.29) is 23.2 Å². The fourth-order valence-corrected chi connectivity index (χ4v) is 7.08. The number of aliphatic carboxylic acids is 1. The highest BCUT2D eigenvalue weighted by Gasteiger charge is 2.77. The molecular weight excluding hydrogens is 410 g/mol. The number of carboxylic acids is 1. The molecule has 0 aromatic carbocycles. The number of halogens is 1. The van der Waals surface area contributed by atoms with Crippen LogP contribution in [-0.4, -0.2) is 35.1 Å². The number of anilines is 1. The first kappa shape index (κ1) is 17.6. The van der Waals surface area contributed by atoms with E-state index in [1.165, 1.54) is 6.42 Å². The molecule has 1 aromatic rings. The summed E-state index contributed by atoms with van der Waals surface area (Å²) in [5, 5.41) is 16.3. The molecule has 1 aliphatic heterocycles. The summed E-state index contributed by atoms with van der Waals surface area (Å²) >= 11 is 3.29. The zero-order chi connectivity index (χ0) is 18.8.